The molecule has 0 unspecified atom stereocenters. The standard InChI is InChI=1S/C21H25Cl3O7S2/c1-3-32(26,27)13-15(25)12-31-21-7-5-17(9-19(21)24)33(28,29)16-4-6-20(18(23)8-16)30-11-14(2)10-22/h4-9,14-15,25H,3,10-13H2,1-2H3/t14-,15-/m0/s1. The Kier molecular flexibility index (Phi) is 10.1. The number of aliphatic hydroxyl groups excluding tert-OH is 1. The van der Waals surface area contributed by atoms with E-state index in [1.165, 1.54) is 43.3 Å². The fourth-order valence-corrected chi connectivity index (χ4v) is 5.51. The average Bonchev–Trinajstić information content (AvgIpc) is 2.76. The predicted molar refractivity (Wildman–Crippen MR) is 130 cm³/mol. The number of ether oxygens (including phenoxy) is 2. The van der Waals surface area contributed by atoms with Gasteiger partial charge in [0, 0.05) is 17.6 Å². The number of hydrogen-bond acceptors (Lipinski definition) is 7. The van der Waals surface area contributed by atoms with Crippen LogP contribution in [0.2, 0.25) is 10.0 Å². The lowest BCUT2D eigenvalue weighted by Gasteiger charge is -2.14. The largest absolute Gasteiger partial charge is 0.492 e. The van der Waals surface area contributed by atoms with Crippen LogP contribution in [0.15, 0.2) is 46.2 Å². The zero-order chi connectivity index (χ0) is 24.8. The number of alkyl halides is 1. The summed E-state index contributed by atoms with van der Waals surface area (Å²) in [6.07, 6.45) is -1.25. The molecule has 0 aliphatic rings. The first-order valence-electron chi connectivity index (χ1n) is 9.93. The highest BCUT2D eigenvalue weighted by molar-refractivity contribution is 7.91. The molecule has 7 nitrogen and oxygen atoms in total. The molecule has 1 N–H and O–H groups in total. The molecule has 0 fully saturated rings. The first-order valence-corrected chi connectivity index (χ1v) is 14.5. The van der Waals surface area contributed by atoms with E-state index in [4.69, 9.17) is 44.3 Å². The Balaban J connectivity index is 2.15. The van der Waals surface area contributed by atoms with E-state index < -0.39 is 31.5 Å². The fourth-order valence-electron chi connectivity index (χ4n) is 2.59. The molecule has 0 heterocycles. The molecule has 0 bridgehead atoms. The van der Waals surface area contributed by atoms with Crippen molar-refractivity contribution in [3.8, 4) is 11.5 Å². The summed E-state index contributed by atoms with van der Waals surface area (Å²) < 4.78 is 60.1. The van der Waals surface area contributed by atoms with Crippen molar-refractivity contribution >= 4 is 54.5 Å². The lowest BCUT2D eigenvalue weighted by atomic mass is 10.2. The summed E-state index contributed by atoms with van der Waals surface area (Å²) in [6, 6.07) is 7.99. The van der Waals surface area contributed by atoms with Crippen LogP contribution in [0.1, 0.15) is 13.8 Å². The molecule has 33 heavy (non-hydrogen) atoms. The highest BCUT2D eigenvalue weighted by Crippen LogP contribution is 2.33. The summed E-state index contributed by atoms with van der Waals surface area (Å²) >= 11 is 18.1. The molecule has 0 radical (unpaired) electrons. The van der Waals surface area contributed by atoms with E-state index in [1.807, 2.05) is 6.92 Å². The topological polar surface area (TPSA) is 107 Å². The molecule has 0 saturated heterocycles. The fraction of sp³-hybridized carbons (Fsp3) is 0.429. The van der Waals surface area contributed by atoms with E-state index in [-0.39, 0.29) is 43.9 Å². The molecule has 2 rings (SSSR count). The molecule has 12 heteroatoms. The predicted octanol–water partition coefficient (Wildman–Crippen LogP) is 4.25. The number of hydrogen-bond donors (Lipinski definition) is 1. The van der Waals surface area contributed by atoms with Gasteiger partial charge in [0.2, 0.25) is 9.84 Å². The highest BCUT2D eigenvalue weighted by Gasteiger charge is 2.22. The lowest BCUT2D eigenvalue weighted by molar-refractivity contribution is 0.125. The molecule has 0 spiro atoms. The van der Waals surface area contributed by atoms with Crippen molar-refractivity contribution in [3.63, 3.8) is 0 Å². The maximum absolute atomic E-state index is 13.0. The molecule has 0 aliphatic carbocycles. The van der Waals surface area contributed by atoms with Gasteiger partial charge in [0.15, 0.2) is 9.84 Å². The van der Waals surface area contributed by atoms with Gasteiger partial charge in [0.25, 0.3) is 0 Å². The molecule has 0 aromatic heterocycles. The summed E-state index contributed by atoms with van der Waals surface area (Å²) in [5.74, 6) is 0.434. The molecular formula is C21H25Cl3O7S2. The van der Waals surface area contributed by atoms with Crippen molar-refractivity contribution in [1.29, 1.82) is 0 Å². The summed E-state index contributed by atoms with van der Waals surface area (Å²) in [4.78, 5) is -0.135. The summed E-state index contributed by atoms with van der Waals surface area (Å²) in [5.41, 5.74) is 0. The highest BCUT2D eigenvalue weighted by atomic mass is 35.5. The van der Waals surface area contributed by atoms with Crippen LogP contribution in [0.5, 0.6) is 11.5 Å². The number of halogens is 3. The minimum absolute atomic E-state index is 0.0114. The van der Waals surface area contributed by atoms with Crippen LogP contribution < -0.4 is 9.47 Å². The van der Waals surface area contributed by atoms with Crippen molar-refractivity contribution in [3.05, 3.63) is 46.4 Å². The molecule has 184 valence electrons. The van der Waals surface area contributed by atoms with Crippen LogP contribution in [0.4, 0.5) is 0 Å². The van der Waals surface area contributed by atoms with Gasteiger partial charge in [-0.25, -0.2) is 16.8 Å². The summed E-state index contributed by atoms with van der Waals surface area (Å²) in [5, 5.41) is 9.99. The van der Waals surface area contributed by atoms with E-state index in [2.05, 4.69) is 0 Å². The van der Waals surface area contributed by atoms with Crippen LogP contribution in [0, 0.1) is 5.92 Å². The maximum Gasteiger partial charge on any atom is 0.206 e. The van der Waals surface area contributed by atoms with Crippen molar-refractivity contribution in [2.75, 3.05) is 30.6 Å². The van der Waals surface area contributed by atoms with Crippen LogP contribution in [-0.2, 0) is 19.7 Å². The average molecular weight is 560 g/mol. The third-order valence-electron chi connectivity index (χ3n) is 4.53. The zero-order valence-corrected chi connectivity index (χ0v) is 21.9. The number of aliphatic hydroxyl groups is 1. The van der Waals surface area contributed by atoms with E-state index >= 15 is 0 Å². The van der Waals surface area contributed by atoms with Crippen molar-refractivity contribution in [1.82, 2.24) is 0 Å². The van der Waals surface area contributed by atoms with Gasteiger partial charge in [-0.3, -0.25) is 0 Å². The Morgan fingerprint density at radius 2 is 1.39 bits per heavy atom. The van der Waals surface area contributed by atoms with Crippen LogP contribution in [0.25, 0.3) is 0 Å². The van der Waals surface area contributed by atoms with Gasteiger partial charge >= 0.3 is 0 Å². The minimum Gasteiger partial charge on any atom is -0.492 e. The Hall–Kier alpha value is -1.23. The van der Waals surface area contributed by atoms with Gasteiger partial charge in [0.1, 0.15) is 24.2 Å². The summed E-state index contributed by atoms with van der Waals surface area (Å²) in [7, 11) is -7.32. The van der Waals surface area contributed by atoms with E-state index in [9.17, 15) is 21.9 Å². The Morgan fingerprint density at radius 1 is 0.909 bits per heavy atom. The van der Waals surface area contributed by atoms with E-state index in [0.29, 0.717) is 18.2 Å². The lowest BCUT2D eigenvalue weighted by Crippen LogP contribution is -2.28. The minimum atomic E-state index is -3.94. The SMILES string of the molecule is CCS(=O)(=O)C[C@@H](O)COc1ccc(S(=O)(=O)c2ccc(OC[C@@H](C)CCl)c(Cl)c2)cc1Cl. The van der Waals surface area contributed by atoms with Crippen molar-refractivity contribution in [2.24, 2.45) is 5.92 Å². The summed E-state index contributed by atoms with van der Waals surface area (Å²) in [6.45, 7) is 3.41. The second-order valence-electron chi connectivity index (χ2n) is 7.42. The quantitative estimate of drug-likeness (QED) is 0.387. The molecule has 0 saturated carbocycles. The Labute approximate surface area is 209 Å². The third kappa shape index (κ3) is 7.90. The van der Waals surface area contributed by atoms with E-state index in [0.717, 1.165) is 0 Å². The van der Waals surface area contributed by atoms with Crippen LogP contribution >= 0.6 is 34.8 Å². The maximum atomic E-state index is 13.0. The second-order valence-corrected chi connectivity index (χ2v) is 12.9. The van der Waals surface area contributed by atoms with Crippen LogP contribution in [0.3, 0.4) is 0 Å². The van der Waals surface area contributed by atoms with Gasteiger partial charge in [-0.15, -0.1) is 11.6 Å². The van der Waals surface area contributed by atoms with Gasteiger partial charge < -0.3 is 14.6 Å². The Bertz CT molecular complexity index is 1170. The number of rotatable bonds is 12. The first-order chi connectivity index (χ1) is 15.4. The normalized spacial score (nSPS) is 14.0. The van der Waals surface area contributed by atoms with Gasteiger partial charge in [-0.05, 0) is 36.4 Å². The van der Waals surface area contributed by atoms with Crippen LogP contribution in [-0.4, -0.2) is 58.6 Å². The molecule has 2 atom stereocenters. The smallest absolute Gasteiger partial charge is 0.206 e. The molecular weight excluding hydrogens is 535 g/mol. The van der Waals surface area contributed by atoms with Crippen molar-refractivity contribution < 1.29 is 31.4 Å². The van der Waals surface area contributed by atoms with Gasteiger partial charge in [-0.2, -0.15) is 0 Å². The molecule has 0 aliphatic heterocycles. The monoisotopic (exact) mass is 558 g/mol. The third-order valence-corrected chi connectivity index (χ3v) is 9.17. The second kappa shape index (κ2) is 12.0. The van der Waals surface area contributed by atoms with Gasteiger partial charge in [-0.1, -0.05) is 37.0 Å². The van der Waals surface area contributed by atoms with E-state index in [1.54, 1.807) is 0 Å². The van der Waals surface area contributed by atoms with Gasteiger partial charge in [0.05, 0.1) is 32.2 Å². The number of sulfone groups is 2. The zero-order valence-electron chi connectivity index (χ0n) is 18.0. The first kappa shape index (κ1) is 28.0. The Morgan fingerprint density at radius 3 is 1.82 bits per heavy atom. The van der Waals surface area contributed by atoms with Crippen molar-refractivity contribution in [2.45, 2.75) is 29.7 Å². The number of benzene rings is 2. The molecule has 2 aromatic rings. The molecule has 2 aromatic carbocycles. The molecule has 0 amide bonds.